The van der Waals surface area contributed by atoms with Gasteiger partial charge in [0.25, 0.3) is 0 Å². The fraction of sp³-hybridized carbons (Fsp3) is 0. The third-order valence-electron chi connectivity index (χ3n) is 8.58. The van der Waals surface area contributed by atoms with Crippen molar-refractivity contribution in [3.8, 4) is 0 Å². The number of para-hydroxylation sites is 2. The van der Waals surface area contributed by atoms with E-state index in [1.165, 1.54) is 37.7 Å². The summed E-state index contributed by atoms with van der Waals surface area (Å²) >= 11 is 0. The smallest absolute Gasteiger partial charge is 0.136 e. The van der Waals surface area contributed by atoms with Gasteiger partial charge in [0.05, 0.1) is 0 Å². The molecule has 0 unspecified atom stereocenters. The lowest BCUT2D eigenvalue weighted by molar-refractivity contribution is 0.669. The highest BCUT2D eigenvalue weighted by Gasteiger charge is 2.15. The molecule has 9 rings (SSSR count). The molecule has 1 heterocycles. The zero-order chi connectivity index (χ0) is 27.6. The summed E-state index contributed by atoms with van der Waals surface area (Å²) < 4.78 is 6.23. The number of rotatable bonds is 3. The zero-order valence-corrected chi connectivity index (χ0v) is 22.8. The van der Waals surface area contributed by atoms with Gasteiger partial charge in [0.15, 0.2) is 0 Å². The maximum absolute atomic E-state index is 6.23. The second-order valence-electron chi connectivity index (χ2n) is 11.0. The number of fused-ring (bicyclic) bond motifs is 9. The van der Waals surface area contributed by atoms with Crippen LogP contribution in [0.25, 0.3) is 65.0 Å². The SMILES string of the molecule is c1ccc(N(c2ccc3cc4c(cc3c2)oc2ccccc24)c2ccc3c(ccc4c5ccccc5ccc34)c2)cc1. The normalized spacial score (nSPS) is 11.8. The van der Waals surface area contributed by atoms with E-state index in [2.05, 4.69) is 144 Å². The maximum Gasteiger partial charge on any atom is 0.136 e. The summed E-state index contributed by atoms with van der Waals surface area (Å²) in [4.78, 5) is 2.34. The second-order valence-corrected chi connectivity index (χ2v) is 11.0. The topological polar surface area (TPSA) is 16.4 Å². The van der Waals surface area contributed by atoms with Crippen LogP contribution >= 0.6 is 0 Å². The molecule has 0 aliphatic rings. The second kappa shape index (κ2) is 8.95. The number of nitrogens with zero attached hydrogens (tertiary/aromatic N) is 1. The van der Waals surface area contributed by atoms with Crippen molar-refractivity contribution in [1.29, 1.82) is 0 Å². The lowest BCUT2D eigenvalue weighted by Crippen LogP contribution is -2.09. The molecule has 2 heteroatoms. The van der Waals surface area contributed by atoms with Crippen molar-refractivity contribution in [2.75, 3.05) is 4.90 Å². The van der Waals surface area contributed by atoms with Crippen LogP contribution in [0.1, 0.15) is 0 Å². The van der Waals surface area contributed by atoms with Crippen molar-refractivity contribution in [2.45, 2.75) is 0 Å². The minimum atomic E-state index is 0.914. The molecule has 0 saturated carbocycles. The first-order chi connectivity index (χ1) is 20.8. The molecule has 0 aliphatic heterocycles. The summed E-state index contributed by atoms with van der Waals surface area (Å²) in [5.74, 6) is 0. The molecule has 2 nitrogen and oxygen atoms in total. The van der Waals surface area contributed by atoms with Gasteiger partial charge in [-0.2, -0.15) is 0 Å². The molecule has 0 spiro atoms. The molecule has 0 radical (unpaired) electrons. The number of benzene rings is 8. The molecule has 0 fully saturated rings. The summed E-state index contributed by atoms with van der Waals surface area (Å²) in [6.07, 6.45) is 0. The van der Waals surface area contributed by atoms with Crippen LogP contribution in [-0.4, -0.2) is 0 Å². The highest BCUT2D eigenvalue weighted by Crippen LogP contribution is 2.40. The van der Waals surface area contributed by atoms with E-state index in [-0.39, 0.29) is 0 Å². The van der Waals surface area contributed by atoms with Crippen LogP contribution in [0.15, 0.2) is 156 Å². The lowest BCUT2D eigenvalue weighted by Gasteiger charge is -2.26. The summed E-state index contributed by atoms with van der Waals surface area (Å²) in [7, 11) is 0. The predicted octanol–water partition coefficient (Wildman–Crippen LogP) is 11.7. The van der Waals surface area contributed by atoms with E-state index < -0.39 is 0 Å². The lowest BCUT2D eigenvalue weighted by atomic mass is 9.96. The molecule has 196 valence electrons. The van der Waals surface area contributed by atoms with Crippen molar-refractivity contribution in [3.63, 3.8) is 0 Å². The standard InChI is InChI=1S/C40H25NO/c1-2-9-30(10-3-1)41(31-17-14-27-24-38-37-12-6-7-13-39(37)42-40(38)25-29(27)23-31)32-18-21-34-28(22-32)16-20-35-33-11-5-4-8-26(33)15-19-36(34)35/h1-25H. The third kappa shape index (κ3) is 3.52. The average molecular weight is 536 g/mol. The van der Waals surface area contributed by atoms with E-state index in [9.17, 15) is 0 Å². The van der Waals surface area contributed by atoms with Gasteiger partial charge in [0.1, 0.15) is 11.2 Å². The van der Waals surface area contributed by atoms with Crippen molar-refractivity contribution in [2.24, 2.45) is 0 Å². The monoisotopic (exact) mass is 535 g/mol. The Kier molecular flexibility index (Phi) is 4.93. The van der Waals surface area contributed by atoms with E-state index in [4.69, 9.17) is 4.42 Å². The number of furan rings is 1. The van der Waals surface area contributed by atoms with Gasteiger partial charge in [-0.1, -0.05) is 97.1 Å². The Labute approximate surface area is 242 Å². The number of anilines is 3. The Balaban J connectivity index is 1.23. The summed E-state index contributed by atoms with van der Waals surface area (Å²) in [6, 6.07) is 54.5. The summed E-state index contributed by atoms with van der Waals surface area (Å²) in [5, 5.41) is 12.3. The summed E-state index contributed by atoms with van der Waals surface area (Å²) in [5.41, 5.74) is 5.18. The molecular weight excluding hydrogens is 510 g/mol. The van der Waals surface area contributed by atoms with E-state index in [0.29, 0.717) is 0 Å². The predicted molar refractivity (Wildman–Crippen MR) is 178 cm³/mol. The molecule has 8 aromatic carbocycles. The van der Waals surface area contributed by atoms with Crippen LogP contribution in [0.2, 0.25) is 0 Å². The minimum absolute atomic E-state index is 0.914. The Morgan fingerprint density at radius 1 is 0.310 bits per heavy atom. The molecule has 0 aliphatic carbocycles. The van der Waals surface area contributed by atoms with Gasteiger partial charge in [0, 0.05) is 27.8 Å². The van der Waals surface area contributed by atoms with Gasteiger partial charge in [-0.3, -0.25) is 0 Å². The molecule has 1 aromatic heterocycles. The van der Waals surface area contributed by atoms with Gasteiger partial charge >= 0.3 is 0 Å². The molecular formula is C40H25NO. The van der Waals surface area contributed by atoms with Crippen LogP contribution in [0.3, 0.4) is 0 Å². The molecule has 42 heavy (non-hydrogen) atoms. The first-order valence-electron chi connectivity index (χ1n) is 14.3. The molecule has 0 saturated heterocycles. The van der Waals surface area contributed by atoms with Gasteiger partial charge in [-0.05, 0) is 97.7 Å². The molecule has 0 N–H and O–H groups in total. The Bertz CT molecular complexity index is 2470. The highest BCUT2D eigenvalue weighted by atomic mass is 16.3. The quantitative estimate of drug-likeness (QED) is 0.209. The first kappa shape index (κ1) is 23.1. The fourth-order valence-electron chi connectivity index (χ4n) is 6.57. The van der Waals surface area contributed by atoms with Crippen LogP contribution in [0.5, 0.6) is 0 Å². The van der Waals surface area contributed by atoms with Gasteiger partial charge < -0.3 is 9.32 Å². The molecule has 0 atom stereocenters. The zero-order valence-electron chi connectivity index (χ0n) is 22.8. The molecule has 0 amide bonds. The first-order valence-corrected chi connectivity index (χ1v) is 14.3. The van der Waals surface area contributed by atoms with Crippen LogP contribution in [0.4, 0.5) is 17.1 Å². The maximum atomic E-state index is 6.23. The molecule has 9 aromatic rings. The van der Waals surface area contributed by atoms with E-state index in [0.717, 1.165) is 44.4 Å². The Hall–Kier alpha value is -5.60. The third-order valence-corrected chi connectivity index (χ3v) is 8.58. The van der Waals surface area contributed by atoms with Gasteiger partial charge in [0.2, 0.25) is 0 Å². The van der Waals surface area contributed by atoms with E-state index >= 15 is 0 Å². The number of hydrogen-bond donors (Lipinski definition) is 0. The van der Waals surface area contributed by atoms with Crippen LogP contribution in [0, 0.1) is 0 Å². The van der Waals surface area contributed by atoms with Crippen LogP contribution in [-0.2, 0) is 0 Å². The molecule has 0 bridgehead atoms. The largest absolute Gasteiger partial charge is 0.456 e. The minimum Gasteiger partial charge on any atom is -0.456 e. The Morgan fingerprint density at radius 2 is 0.929 bits per heavy atom. The van der Waals surface area contributed by atoms with Crippen molar-refractivity contribution in [3.05, 3.63) is 152 Å². The van der Waals surface area contributed by atoms with Crippen molar-refractivity contribution >= 4 is 82.1 Å². The van der Waals surface area contributed by atoms with Gasteiger partial charge in [-0.25, -0.2) is 0 Å². The summed E-state index contributed by atoms with van der Waals surface area (Å²) in [6.45, 7) is 0. The highest BCUT2D eigenvalue weighted by molar-refractivity contribution is 6.17. The number of hydrogen-bond acceptors (Lipinski definition) is 2. The van der Waals surface area contributed by atoms with Crippen molar-refractivity contribution < 1.29 is 4.42 Å². The van der Waals surface area contributed by atoms with Crippen molar-refractivity contribution in [1.82, 2.24) is 0 Å². The Morgan fingerprint density at radius 3 is 1.79 bits per heavy atom. The average Bonchev–Trinajstić information content (AvgIpc) is 3.41. The van der Waals surface area contributed by atoms with Crippen LogP contribution < -0.4 is 4.90 Å². The van der Waals surface area contributed by atoms with E-state index in [1.54, 1.807) is 0 Å². The van der Waals surface area contributed by atoms with Gasteiger partial charge in [-0.15, -0.1) is 0 Å². The fourth-order valence-corrected chi connectivity index (χ4v) is 6.57. The van der Waals surface area contributed by atoms with E-state index in [1.807, 2.05) is 12.1 Å².